The Morgan fingerprint density at radius 2 is 1.83 bits per heavy atom. The van der Waals surface area contributed by atoms with Gasteiger partial charge in [-0.25, -0.2) is 4.79 Å². The molecule has 9 nitrogen and oxygen atoms in total. The third kappa shape index (κ3) is 4.31. The third-order valence-corrected chi connectivity index (χ3v) is 5.56. The lowest BCUT2D eigenvalue weighted by atomic mass is 9.94. The van der Waals surface area contributed by atoms with Crippen LogP contribution in [0.3, 0.4) is 0 Å². The maximum absolute atomic E-state index is 14.1. The molecule has 0 spiro atoms. The molecule has 2 aliphatic heterocycles. The van der Waals surface area contributed by atoms with Crippen LogP contribution in [0.4, 0.5) is 14.9 Å². The number of aliphatic hydroxyl groups is 1. The highest BCUT2D eigenvalue weighted by Gasteiger charge is 2.41. The minimum atomic E-state index is -1.02. The summed E-state index contributed by atoms with van der Waals surface area (Å²) in [6.45, 7) is 3.91. The molecule has 3 amide bonds. The standard InChI is InChI=1S/C19H27FN4O5/c1-19(17(26)21-18(27)22-19)5-4-15(25)24-8-6-23(7-9-24)12-10-13(28-2)16(20)14(11-12)29-3/h10-11,17,26H,4-9H2,1-3H3,(H2,21,22,27)/t17?,19-/m1/s1. The first-order valence-corrected chi connectivity index (χ1v) is 9.48. The molecule has 3 N–H and O–H groups in total. The van der Waals surface area contributed by atoms with E-state index in [2.05, 4.69) is 10.6 Å². The fourth-order valence-electron chi connectivity index (χ4n) is 3.62. The first-order chi connectivity index (χ1) is 13.8. The van der Waals surface area contributed by atoms with Gasteiger partial charge in [0.2, 0.25) is 11.7 Å². The van der Waals surface area contributed by atoms with Gasteiger partial charge in [-0.05, 0) is 13.3 Å². The van der Waals surface area contributed by atoms with Crippen LogP contribution in [0.25, 0.3) is 0 Å². The predicted molar refractivity (Wildman–Crippen MR) is 104 cm³/mol. The summed E-state index contributed by atoms with van der Waals surface area (Å²) in [6, 6.07) is 2.80. The molecule has 3 rings (SSSR count). The van der Waals surface area contributed by atoms with Crippen LogP contribution in [-0.4, -0.2) is 74.1 Å². The summed E-state index contributed by atoms with van der Waals surface area (Å²) in [5.74, 6) is -0.362. The summed E-state index contributed by atoms with van der Waals surface area (Å²) in [6.07, 6.45) is -0.477. The van der Waals surface area contributed by atoms with Gasteiger partial charge in [0.05, 0.1) is 19.8 Å². The lowest BCUT2D eigenvalue weighted by molar-refractivity contribution is -0.132. The fourth-order valence-corrected chi connectivity index (χ4v) is 3.62. The molecular weight excluding hydrogens is 383 g/mol. The molecule has 2 saturated heterocycles. The molecule has 1 aromatic rings. The van der Waals surface area contributed by atoms with Crippen LogP contribution in [0, 0.1) is 5.82 Å². The van der Waals surface area contributed by atoms with Crippen LogP contribution in [0.2, 0.25) is 0 Å². The molecule has 0 aliphatic carbocycles. The van der Waals surface area contributed by atoms with Gasteiger partial charge >= 0.3 is 6.03 Å². The molecule has 0 saturated carbocycles. The zero-order valence-corrected chi connectivity index (χ0v) is 16.8. The number of amides is 3. The fraction of sp³-hybridized carbons (Fsp3) is 0.579. The van der Waals surface area contributed by atoms with E-state index < -0.39 is 23.6 Å². The van der Waals surface area contributed by atoms with Crippen LogP contribution in [0.5, 0.6) is 11.5 Å². The van der Waals surface area contributed by atoms with E-state index in [-0.39, 0.29) is 23.8 Å². The second-order valence-corrected chi connectivity index (χ2v) is 7.45. The molecule has 1 unspecified atom stereocenters. The van der Waals surface area contributed by atoms with Gasteiger partial charge in [0.15, 0.2) is 17.7 Å². The Bertz CT molecular complexity index is 759. The van der Waals surface area contributed by atoms with Crippen LogP contribution < -0.4 is 25.0 Å². The van der Waals surface area contributed by atoms with Crippen LogP contribution in [-0.2, 0) is 4.79 Å². The number of hydrogen-bond donors (Lipinski definition) is 3. The number of carbonyl (C=O) groups excluding carboxylic acids is 2. The minimum absolute atomic E-state index is 0.0338. The number of methoxy groups -OCH3 is 2. The maximum atomic E-state index is 14.1. The van der Waals surface area contributed by atoms with Crippen molar-refractivity contribution < 1.29 is 28.6 Å². The first kappa shape index (κ1) is 21.0. The number of rotatable bonds is 6. The molecule has 10 heteroatoms. The lowest BCUT2D eigenvalue weighted by Crippen LogP contribution is -2.50. The SMILES string of the molecule is COc1cc(N2CCN(C(=O)CC[C@@]3(C)NC(=O)NC3O)CC2)cc(OC)c1F. The Hall–Kier alpha value is -2.75. The number of anilines is 1. The van der Waals surface area contributed by atoms with Gasteiger partial charge in [0.1, 0.15) is 0 Å². The molecule has 1 aromatic carbocycles. The van der Waals surface area contributed by atoms with Crippen LogP contribution >= 0.6 is 0 Å². The van der Waals surface area contributed by atoms with Crippen molar-refractivity contribution in [2.45, 2.75) is 31.5 Å². The van der Waals surface area contributed by atoms with E-state index in [4.69, 9.17) is 9.47 Å². The van der Waals surface area contributed by atoms with Crippen molar-refractivity contribution in [2.75, 3.05) is 45.3 Å². The van der Waals surface area contributed by atoms with E-state index in [0.29, 0.717) is 32.6 Å². The molecule has 2 fully saturated rings. The van der Waals surface area contributed by atoms with Gasteiger partial charge in [0, 0.05) is 50.4 Å². The number of carbonyl (C=O) groups is 2. The largest absolute Gasteiger partial charge is 0.493 e. The summed E-state index contributed by atoms with van der Waals surface area (Å²) < 4.78 is 24.3. The highest BCUT2D eigenvalue weighted by atomic mass is 19.1. The number of ether oxygens (including phenoxy) is 2. The number of urea groups is 1. The summed E-state index contributed by atoms with van der Waals surface area (Å²) in [5.41, 5.74) is -0.0990. The predicted octanol–water partition coefficient (Wildman–Crippen LogP) is 0.662. The highest BCUT2D eigenvalue weighted by molar-refractivity contribution is 5.79. The van der Waals surface area contributed by atoms with Crippen molar-refractivity contribution in [3.8, 4) is 11.5 Å². The third-order valence-electron chi connectivity index (χ3n) is 5.56. The van der Waals surface area contributed by atoms with Crippen molar-refractivity contribution in [2.24, 2.45) is 0 Å². The molecular formula is C19H27FN4O5. The smallest absolute Gasteiger partial charge is 0.317 e. The van der Waals surface area contributed by atoms with Gasteiger partial charge in [-0.15, -0.1) is 0 Å². The van der Waals surface area contributed by atoms with Crippen molar-refractivity contribution in [1.29, 1.82) is 0 Å². The first-order valence-electron chi connectivity index (χ1n) is 9.48. The van der Waals surface area contributed by atoms with Gasteiger partial charge in [-0.2, -0.15) is 4.39 Å². The Balaban J connectivity index is 1.56. The zero-order chi connectivity index (χ0) is 21.2. The number of piperazine rings is 1. The average molecular weight is 410 g/mol. The van der Waals surface area contributed by atoms with Crippen molar-refractivity contribution in [3.05, 3.63) is 17.9 Å². The van der Waals surface area contributed by atoms with E-state index in [1.54, 1.807) is 24.0 Å². The Morgan fingerprint density at radius 3 is 2.31 bits per heavy atom. The second kappa shape index (κ2) is 8.32. The summed E-state index contributed by atoms with van der Waals surface area (Å²) in [7, 11) is 2.80. The topological polar surface area (TPSA) is 103 Å². The van der Waals surface area contributed by atoms with Crippen LogP contribution in [0.1, 0.15) is 19.8 Å². The molecule has 2 atom stereocenters. The van der Waals surface area contributed by atoms with Crippen LogP contribution in [0.15, 0.2) is 12.1 Å². The van der Waals surface area contributed by atoms with Gasteiger partial charge < -0.3 is 35.0 Å². The number of benzene rings is 1. The van der Waals surface area contributed by atoms with E-state index >= 15 is 0 Å². The van der Waals surface area contributed by atoms with E-state index in [9.17, 15) is 19.1 Å². The number of nitrogens with zero attached hydrogens (tertiary/aromatic N) is 2. The molecule has 0 radical (unpaired) electrons. The van der Waals surface area contributed by atoms with Crippen molar-refractivity contribution >= 4 is 17.6 Å². The normalized spacial score (nSPS) is 24.2. The van der Waals surface area contributed by atoms with Crippen molar-refractivity contribution in [1.82, 2.24) is 15.5 Å². The average Bonchev–Trinajstić information content (AvgIpc) is 2.98. The number of nitrogens with one attached hydrogen (secondary N) is 2. The Labute approximate surface area is 168 Å². The summed E-state index contributed by atoms with van der Waals surface area (Å²) in [4.78, 5) is 27.8. The molecule has 2 aliphatic rings. The lowest BCUT2D eigenvalue weighted by Gasteiger charge is -2.37. The Kier molecular flexibility index (Phi) is 6.02. The summed E-state index contributed by atoms with van der Waals surface area (Å²) >= 11 is 0. The summed E-state index contributed by atoms with van der Waals surface area (Å²) in [5, 5.41) is 15.0. The van der Waals surface area contributed by atoms with E-state index in [1.807, 2.05) is 4.90 Å². The number of halogens is 1. The van der Waals surface area contributed by atoms with E-state index in [1.165, 1.54) is 14.2 Å². The Morgan fingerprint density at radius 1 is 1.24 bits per heavy atom. The molecule has 0 bridgehead atoms. The van der Waals surface area contributed by atoms with Gasteiger partial charge in [-0.3, -0.25) is 4.79 Å². The number of hydrogen-bond acceptors (Lipinski definition) is 6. The highest BCUT2D eigenvalue weighted by Crippen LogP contribution is 2.33. The molecule has 2 heterocycles. The molecule has 160 valence electrons. The molecule has 29 heavy (non-hydrogen) atoms. The maximum Gasteiger partial charge on any atom is 0.317 e. The quantitative estimate of drug-likeness (QED) is 0.637. The monoisotopic (exact) mass is 410 g/mol. The zero-order valence-electron chi connectivity index (χ0n) is 16.8. The minimum Gasteiger partial charge on any atom is -0.493 e. The number of aliphatic hydroxyl groups excluding tert-OH is 1. The van der Waals surface area contributed by atoms with Gasteiger partial charge in [-0.1, -0.05) is 0 Å². The molecule has 0 aromatic heterocycles. The van der Waals surface area contributed by atoms with Gasteiger partial charge in [0.25, 0.3) is 0 Å². The van der Waals surface area contributed by atoms with Crippen molar-refractivity contribution in [3.63, 3.8) is 0 Å². The van der Waals surface area contributed by atoms with E-state index in [0.717, 1.165) is 5.69 Å². The second-order valence-electron chi connectivity index (χ2n) is 7.45.